The van der Waals surface area contributed by atoms with Crippen LogP contribution in [0.3, 0.4) is 0 Å². The molecule has 2 rings (SSSR count). The van der Waals surface area contributed by atoms with E-state index >= 15 is 0 Å². The van der Waals surface area contributed by atoms with Gasteiger partial charge in [-0.2, -0.15) is 0 Å². The first kappa shape index (κ1) is 17.0. The predicted octanol–water partition coefficient (Wildman–Crippen LogP) is 1.83. The highest BCUT2D eigenvalue weighted by Crippen LogP contribution is 2.14. The van der Waals surface area contributed by atoms with Gasteiger partial charge in [-0.25, -0.2) is 4.79 Å². The minimum Gasteiger partial charge on any atom is -0.352 e. The Morgan fingerprint density at radius 2 is 1.61 bits per heavy atom. The molecule has 0 aliphatic rings. The summed E-state index contributed by atoms with van der Waals surface area (Å²) >= 11 is 0. The van der Waals surface area contributed by atoms with Crippen molar-refractivity contribution < 1.29 is 4.79 Å². The van der Waals surface area contributed by atoms with Gasteiger partial charge in [-0.05, 0) is 46.8 Å². The number of aromatic nitrogens is 2. The molecule has 1 heterocycles. The van der Waals surface area contributed by atoms with Crippen LogP contribution >= 0.6 is 0 Å². The first-order chi connectivity index (χ1) is 10.8. The zero-order chi connectivity index (χ0) is 17.3. The van der Waals surface area contributed by atoms with Crippen LogP contribution in [-0.2, 0) is 4.79 Å². The maximum atomic E-state index is 12.8. The van der Waals surface area contributed by atoms with Crippen molar-refractivity contribution in [3.05, 3.63) is 45.1 Å². The largest absolute Gasteiger partial charge is 0.352 e. The fraction of sp³-hybridized carbons (Fsp3) is 0.471. The van der Waals surface area contributed by atoms with Gasteiger partial charge in [0.15, 0.2) is 0 Å². The van der Waals surface area contributed by atoms with Crippen molar-refractivity contribution in [2.24, 2.45) is 0 Å². The molecule has 1 aromatic carbocycles. The molecule has 0 saturated carbocycles. The summed E-state index contributed by atoms with van der Waals surface area (Å²) in [5, 5.41) is 3.25. The molecule has 0 fully saturated rings. The number of benzene rings is 1. The molecule has 0 spiro atoms. The van der Waals surface area contributed by atoms with Crippen molar-refractivity contribution in [1.29, 1.82) is 0 Å². The zero-order valence-corrected chi connectivity index (χ0v) is 14.2. The second kappa shape index (κ2) is 6.40. The van der Waals surface area contributed by atoms with E-state index in [0.717, 1.165) is 0 Å². The molecule has 0 aliphatic heterocycles. The van der Waals surface area contributed by atoms with E-state index in [4.69, 9.17) is 0 Å². The summed E-state index contributed by atoms with van der Waals surface area (Å²) in [6.45, 7) is 8.95. The molecule has 0 bridgehead atoms. The average Bonchev–Trinajstić information content (AvgIpc) is 2.46. The van der Waals surface area contributed by atoms with Crippen LogP contribution in [0, 0.1) is 0 Å². The fourth-order valence-corrected chi connectivity index (χ4v) is 2.65. The van der Waals surface area contributed by atoms with Crippen molar-refractivity contribution >= 4 is 16.8 Å². The van der Waals surface area contributed by atoms with E-state index in [1.165, 1.54) is 9.13 Å². The van der Waals surface area contributed by atoms with Gasteiger partial charge >= 0.3 is 5.69 Å². The van der Waals surface area contributed by atoms with Crippen LogP contribution in [0.1, 0.15) is 46.7 Å². The molecule has 1 amide bonds. The highest BCUT2D eigenvalue weighted by atomic mass is 16.2. The zero-order valence-electron chi connectivity index (χ0n) is 14.2. The molecule has 2 aromatic rings. The molecule has 0 radical (unpaired) electrons. The molecule has 124 valence electrons. The van der Waals surface area contributed by atoms with Crippen LogP contribution in [0.25, 0.3) is 10.9 Å². The van der Waals surface area contributed by atoms with Gasteiger partial charge in [0.1, 0.15) is 6.04 Å². The summed E-state index contributed by atoms with van der Waals surface area (Å²) in [5.41, 5.74) is -0.311. The number of carbonyl (C=O) groups is 1. The van der Waals surface area contributed by atoms with Gasteiger partial charge < -0.3 is 5.32 Å². The number of nitrogens with one attached hydrogen (secondary N) is 1. The summed E-state index contributed by atoms with van der Waals surface area (Å²) in [6, 6.07) is 5.86. The standard InChI is InChI=1S/C17H23N3O3/c1-10(2)18-15(21)12(5)20-14-9-7-6-8-13(14)16(22)19(11(3)4)17(20)23/h6-12H,1-5H3,(H,18,21)/t12-/m0/s1. The van der Waals surface area contributed by atoms with Crippen molar-refractivity contribution in [3.8, 4) is 0 Å². The maximum Gasteiger partial charge on any atom is 0.332 e. The van der Waals surface area contributed by atoms with E-state index in [-0.39, 0.29) is 23.6 Å². The van der Waals surface area contributed by atoms with Crippen LogP contribution in [0.4, 0.5) is 0 Å². The second-order valence-corrected chi connectivity index (χ2v) is 6.28. The topological polar surface area (TPSA) is 73.1 Å². The summed E-state index contributed by atoms with van der Waals surface area (Å²) in [7, 11) is 0. The number of rotatable bonds is 4. The lowest BCUT2D eigenvalue weighted by atomic mass is 10.2. The van der Waals surface area contributed by atoms with Crippen molar-refractivity contribution in [2.45, 2.75) is 52.7 Å². The lowest BCUT2D eigenvalue weighted by Gasteiger charge is -2.21. The molecule has 1 N–H and O–H groups in total. The third-order valence-electron chi connectivity index (χ3n) is 3.74. The van der Waals surface area contributed by atoms with Gasteiger partial charge in [-0.15, -0.1) is 0 Å². The molecule has 0 saturated heterocycles. The Hall–Kier alpha value is -2.37. The summed E-state index contributed by atoms with van der Waals surface area (Å²) in [6.07, 6.45) is 0. The Morgan fingerprint density at radius 3 is 2.17 bits per heavy atom. The third kappa shape index (κ3) is 3.06. The number of amides is 1. The Kier molecular flexibility index (Phi) is 4.73. The van der Waals surface area contributed by atoms with Gasteiger partial charge in [0.2, 0.25) is 5.91 Å². The van der Waals surface area contributed by atoms with E-state index in [1.807, 2.05) is 13.8 Å². The Labute approximate surface area is 134 Å². The predicted molar refractivity (Wildman–Crippen MR) is 90.8 cm³/mol. The summed E-state index contributed by atoms with van der Waals surface area (Å²) < 4.78 is 2.59. The van der Waals surface area contributed by atoms with Gasteiger partial charge in [0.05, 0.1) is 10.9 Å². The molecule has 1 aromatic heterocycles. The summed E-state index contributed by atoms with van der Waals surface area (Å²) in [5.74, 6) is -0.249. The normalized spacial score (nSPS) is 12.8. The highest BCUT2D eigenvalue weighted by Gasteiger charge is 2.23. The maximum absolute atomic E-state index is 12.8. The van der Waals surface area contributed by atoms with E-state index in [0.29, 0.717) is 10.9 Å². The van der Waals surface area contributed by atoms with Crippen LogP contribution in [0.2, 0.25) is 0 Å². The van der Waals surface area contributed by atoms with Crippen LogP contribution in [0.15, 0.2) is 33.9 Å². The minimum atomic E-state index is -0.708. The molecular formula is C17H23N3O3. The lowest BCUT2D eigenvalue weighted by Crippen LogP contribution is -2.45. The average molecular weight is 317 g/mol. The van der Waals surface area contributed by atoms with Crippen molar-refractivity contribution in [1.82, 2.24) is 14.5 Å². The van der Waals surface area contributed by atoms with E-state index in [2.05, 4.69) is 5.32 Å². The summed E-state index contributed by atoms with van der Waals surface area (Å²) in [4.78, 5) is 37.7. The molecule has 6 heteroatoms. The fourth-order valence-electron chi connectivity index (χ4n) is 2.65. The third-order valence-corrected chi connectivity index (χ3v) is 3.74. The molecule has 6 nitrogen and oxygen atoms in total. The quantitative estimate of drug-likeness (QED) is 0.935. The SMILES string of the molecule is CC(C)NC(=O)[C@H](C)n1c(=O)n(C(C)C)c(=O)c2ccccc21. The van der Waals surface area contributed by atoms with Crippen molar-refractivity contribution in [2.75, 3.05) is 0 Å². The lowest BCUT2D eigenvalue weighted by molar-refractivity contribution is -0.124. The van der Waals surface area contributed by atoms with Crippen LogP contribution < -0.4 is 16.6 Å². The van der Waals surface area contributed by atoms with Gasteiger partial charge in [0, 0.05) is 12.1 Å². The number of nitrogens with zero attached hydrogens (tertiary/aromatic N) is 2. The molecule has 23 heavy (non-hydrogen) atoms. The monoisotopic (exact) mass is 317 g/mol. The van der Waals surface area contributed by atoms with Crippen LogP contribution in [-0.4, -0.2) is 21.1 Å². The van der Waals surface area contributed by atoms with E-state index in [9.17, 15) is 14.4 Å². The van der Waals surface area contributed by atoms with E-state index in [1.54, 1.807) is 45.0 Å². The van der Waals surface area contributed by atoms with Gasteiger partial charge in [0.25, 0.3) is 5.56 Å². The Bertz CT molecular complexity index is 846. The van der Waals surface area contributed by atoms with E-state index < -0.39 is 11.7 Å². The van der Waals surface area contributed by atoms with Crippen molar-refractivity contribution in [3.63, 3.8) is 0 Å². The number of hydrogen-bond donors (Lipinski definition) is 1. The molecule has 0 unspecified atom stereocenters. The van der Waals surface area contributed by atoms with Crippen LogP contribution in [0.5, 0.6) is 0 Å². The number of hydrogen-bond acceptors (Lipinski definition) is 3. The molecule has 1 atom stereocenters. The Balaban J connectivity index is 2.79. The smallest absolute Gasteiger partial charge is 0.332 e. The highest BCUT2D eigenvalue weighted by molar-refractivity contribution is 5.84. The van der Waals surface area contributed by atoms with Gasteiger partial charge in [-0.3, -0.25) is 18.7 Å². The van der Waals surface area contributed by atoms with Gasteiger partial charge in [-0.1, -0.05) is 12.1 Å². The minimum absolute atomic E-state index is 0.0251. The first-order valence-electron chi connectivity index (χ1n) is 7.81. The molecule has 0 aliphatic carbocycles. The Morgan fingerprint density at radius 1 is 1.00 bits per heavy atom. The first-order valence-corrected chi connectivity index (χ1v) is 7.81. The number of para-hydroxylation sites is 1. The number of carbonyl (C=O) groups excluding carboxylic acids is 1. The molecular weight excluding hydrogens is 294 g/mol. The number of fused-ring (bicyclic) bond motifs is 1. The second-order valence-electron chi connectivity index (χ2n) is 6.28.